The predicted octanol–water partition coefficient (Wildman–Crippen LogP) is 4.21. The van der Waals surface area contributed by atoms with Crippen molar-refractivity contribution in [1.82, 2.24) is 0 Å². The van der Waals surface area contributed by atoms with E-state index >= 15 is 0 Å². The van der Waals surface area contributed by atoms with Crippen molar-refractivity contribution in [3.63, 3.8) is 0 Å². The molecule has 0 aromatic heterocycles. The molecular formula is C15H22O. The third kappa shape index (κ3) is 3.19. The predicted molar refractivity (Wildman–Crippen MR) is 69.3 cm³/mol. The Morgan fingerprint density at radius 3 is 2.56 bits per heavy atom. The van der Waals surface area contributed by atoms with Gasteiger partial charge in [-0.2, -0.15) is 0 Å². The van der Waals surface area contributed by atoms with Crippen LogP contribution in [-0.4, -0.2) is 5.78 Å². The molecular weight excluding hydrogens is 196 g/mol. The number of hydrogen-bond donors (Lipinski definition) is 0. The van der Waals surface area contributed by atoms with E-state index in [9.17, 15) is 4.79 Å². The first kappa shape index (κ1) is 13.0. The van der Waals surface area contributed by atoms with Gasteiger partial charge in [-0.1, -0.05) is 31.6 Å². The Hall–Kier alpha value is -1.11. The first-order valence-electron chi connectivity index (χ1n) is 6.02. The minimum absolute atomic E-state index is 0.0733. The Bertz CT molecular complexity index is 354. The highest BCUT2D eigenvalue weighted by molar-refractivity contribution is 5.99. The van der Waals surface area contributed by atoms with Crippen molar-refractivity contribution >= 4 is 5.78 Å². The fraction of sp³-hybridized carbons (Fsp3) is 0.533. The van der Waals surface area contributed by atoms with E-state index < -0.39 is 0 Å². The molecule has 0 aromatic carbocycles. The van der Waals surface area contributed by atoms with Gasteiger partial charge in [0.05, 0.1) is 0 Å². The van der Waals surface area contributed by atoms with Crippen LogP contribution < -0.4 is 0 Å². The molecule has 0 saturated carbocycles. The molecule has 0 heterocycles. The topological polar surface area (TPSA) is 17.1 Å². The molecule has 1 nitrogen and oxygen atoms in total. The Labute approximate surface area is 98.9 Å². The molecule has 0 aromatic rings. The highest BCUT2D eigenvalue weighted by atomic mass is 16.1. The average Bonchev–Trinajstić information content (AvgIpc) is 2.16. The zero-order valence-corrected chi connectivity index (χ0v) is 10.8. The number of allylic oxidation sites excluding steroid dienone is 6. The maximum atomic E-state index is 11.4. The molecule has 0 saturated heterocycles. The van der Waals surface area contributed by atoms with Crippen molar-refractivity contribution in [2.24, 2.45) is 5.41 Å². The molecule has 0 unspecified atom stereocenters. The van der Waals surface area contributed by atoms with Crippen molar-refractivity contribution in [2.75, 3.05) is 0 Å². The van der Waals surface area contributed by atoms with Crippen LogP contribution in [0.3, 0.4) is 0 Å². The second-order valence-electron chi connectivity index (χ2n) is 5.17. The summed E-state index contributed by atoms with van der Waals surface area (Å²) >= 11 is 0. The van der Waals surface area contributed by atoms with Crippen LogP contribution in [0.25, 0.3) is 0 Å². The van der Waals surface area contributed by atoms with Gasteiger partial charge in [-0.25, -0.2) is 0 Å². The molecule has 0 fully saturated rings. The highest BCUT2D eigenvalue weighted by Gasteiger charge is 2.26. The Morgan fingerprint density at radius 1 is 1.31 bits per heavy atom. The molecule has 0 N–H and O–H groups in total. The fourth-order valence-electron chi connectivity index (χ4n) is 2.40. The van der Waals surface area contributed by atoms with E-state index in [4.69, 9.17) is 0 Å². The second-order valence-corrected chi connectivity index (χ2v) is 5.17. The van der Waals surface area contributed by atoms with Crippen LogP contribution >= 0.6 is 0 Å². The third-order valence-corrected chi connectivity index (χ3v) is 3.29. The normalized spacial score (nSPS) is 21.0. The first-order valence-corrected chi connectivity index (χ1v) is 6.02. The van der Waals surface area contributed by atoms with Gasteiger partial charge in [-0.05, 0) is 56.3 Å². The van der Waals surface area contributed by atoms with Gasteiger partial charge in [-0.15, -0.1) is 0 Å². The van der Waals surface area contributed by atoms with Crippen LogP contribution in [-0.2, 0) is 4.79 Å². The summed E-state index contributed by atoms with van der Waals surface area (Å²) in [6.45, 7) is 8.56. The van der Waals surface area contributed by atoms with Gasteiger partial charge in [0.15, 0.2) is 5.78 Å². The van der Waals surface area contributed by atoms with Crippen LogP contribution in [0, 0.1) is 5.41 Å². The second kappa shape index (κ2) is 5.29. The van der Waals surface area contributed by atoms with E-state index in [-0.39, 0.29) is 11.2 Å². The van der Waals surface area contributed by atoms with E-state index in [2.05, 4.69) is 20.8 Å². The summed E-state index contributed by atoms with van der Waals surface area (Å²) < 4.78 is 0. The van der Waals surface area contributed by atoms with Gasteiger partial charge in [0.2, 0.25) is 0 Å². The van der Waals surface area contributed by atoms with Crippen molar-refractivity contribution in [3.05, 3.63) is 35.5 Å². The molecule has 1 aliphatic carbocycles. The van der Waals surface area contributed by atoms with Gasteiger partial charge >= 0.3 is 0 Å². The lowest BCUT2D eigenvalue weighted by Crippen LogP contribution is -2.19. The number of rotatable bonds is 3. The summed E-state index contributed by atoms with van der Waals surface area (Å²) in [6.07, 6.45) is 10.7. The Kier molecular flexibility index (Phi) is 4.28. The molecule has 1 heteroatoms. The number of carbonyl (C=O) groups excluding carboxylic acids is 1. The summed E-state index contributed by atoms with van der Waals surface area (Å²) in [6, 6.07) is 0. The minimum atomic E-state index is 0.0733. The van der Waals surface area contributed by atoms with Gasteiger partial charge in [0.1, 0.15) is 0 Å². The van der Waals surface area contributed by atoms with Gasteiger partial charge in [0.25, 0.3) is 0 Å². The molecule has 0 bridgehead atoms. The van der Waals surface area contributed by atoms with Crippen molar-refractivity contribution in [1.29, 1.82) is 0 Å². The fourth-order valence-corrected chi connectivity index (χ4v) is 2.40. The Morgan fingerprint density at radius 2 is 2.00 bits per heavy atom. The number of carbonyl (C=O) groups is 1. The quantitative estimate of drug-likeness (QED) is 0.648. The zero-order chi connectivity index (χ0) is 12.2. The van der Waals surface area contributed by atoms with Crippen molar-refractivity contribution in [2.45, 2.75) is 47.0 Å². The zero-order valence-electron chi connectivity index (χ0n) is 10.8. The maximum Gasteiger partial charge on any atom is 0.178 e. The Balaban J connectivity index is 2.89. The monoisotopic (exact) mass is 218 g/mol. The van der Waals surface area contributed by atoms with Crippen LogP contribution in [0.15, 0.2) is 35.5 Å². The molecule has 0 atom stereocenters. The summed E-state index contributed by atoms with van der Waals surface area (Å²) in [5, 5.41) is 0. The lowest BCUT2D eigenvalue weighted by atomic mass is 9.72. The molecule has 1 rings (SSSR count). The highest BCUT2D eigenvalue weighted by Crippen LogP contribution is 2.40. The molecule has 0 spiro atoms. The van der Waals surface area contributed by atoms with Crippen molar-refractivity contribution < 1.29 is 4.79 Å². The number of hydrogen-bond acceptors (Lipinski definition) is 1. The lowest BCUT2D eigenvalue weighted by Gasteiger charge is -2.32. The molecule has 1 aliphatic rings. The van der Waals surface area contributed by atoms with E-state index in [0.717, 1.165) is 0 Å². The van der Waals surface area contributed by atoms with E-state index in [1.165, 1.54) is 30.4 Å². The largest absolute Gasteiger partial charge is 0.290 e. The standard InChI is InChI=1S/C15H22O/c1-5-7-13(16)9-10-14-12(2)8-6-11-15(14,3)4/h5,7,9-10H,6,8,11H2,1-4H3/b7-5+,10-9+. The number of ketones is 1. The van der Waals surface area contributed by atoms with Gasteiger partial charge in [0, 0.05) is 0 Å². The van der Waals surface area contributed by atoms with E-state index in [0.29, 0.717) is 0 Å². The van der Waals surface area contributed by atoms with Crippen LogP contribution in [0.4, 0.5) is 0 Å². The van der Waals surface area contributed by atoms with Crippen LogP contribution in [0.1, 0.15) is 47.0 Å². The maximum absolute atomic E-state index is 11.4. The smallest absolute Gasteiger partial charge is 0.178 e. The van der Waals surface area contributed by atoms with Gasteiger partial charge in [-0.3, -0.25) is 4.79 Å². The average molecular weight is 218 g/mol. The van der Waals surface area contributed by atoms with Gasteiger partial charge < -0.3 is 0 Å². The summed E-state index contributed by atoms with van der Waals surface area (Å²) in [5.74, 6) is 0.0733. The summed E-state index contributed by atoms with van der Waals surface area (Å²) in [7, 11) is 0. The molecule has 88 valence electrons. The minimum Gasteiger partial charge on any atom is -0.290 e. The van der Waals surface area contributed by atoms with E-state index in [1.807, 2.05) is 13.0 Å². The molecule has 0 amide bonds. The van der Waals surface area contributed by atoms with E-state index in [1.54, 1.807) is 18.2 Å². The first-order chi connectivity index (χ1) is 7.47. The molecule has 0 radical (unpaired) electrons. The van der Waals surface area contributed by atoms with Crippen molar-refractivity contribution in [3.8, 4) is 0 Å². The third-order valence-electron chi connectivity index (χ3n) is 3.29. The van der Waals surface area contributed by atoms with Crippen LogP contribution in [0.5, 0.6) is 0 Å². The molecule has 0 aliphatic heterocycles. The lowest BCUT2D eigenvalue weighted by molar-refractivity contribution is -0.110. The summed E-state index contributed by atoms with van der Waals surface area (Å²) in [5.41, 5.74) is 2.99. The summed E-state index contributed by atoms with van der Waals surface area (Å²) in [4.78, 5) is 11.4. The molecule has 16 heavy (non-hydrogen) atoms. The van der Waals surface area contributed by atoms with Crippen LogP contribution in [0.2, 0.25) is 0 Å². The SMILES string of the molecule is C/C=C/C(=O)/C=C/C1=C(C)CCCC1(C)C.